The fourth-order valence-corrected chi connectivity index (χ4v) is 1.04. The zero-order chi connectivity index (χ0) is 10.6. The van der Waals surface area contributed by atoms with Crippen LogP contribution in [0.15, 0.2) is 18.3 Å². The average Bonchev–Trinajstić information content (AvgIpc) is 2.15. The van der Waals surface area contributed by atoms with E-state index in [1.165, 1.54) is 13.8 Å². The van der Waals surface area contributed by atoms with Crippen molar-refractivity contribution in [3.63, 3.8) is 0 Å². The van der Waals surface area contributed by atoms with Crippen LogP contribution in [0.4, 0.5) is 0 Å². The topological polar surface area (TPSA) is 56.3 Å². The van der Waals surface area contributed by atoms with Crippen molar-refractivity contribution in [3.05, 3.63) is 29.6 Å². The number of rotatable bonds is 3. The molecule has 74 valence electrons. The maximum atomic E-state index is 11.1. The molecule has 4 nitrogen and oxygen atoms in total. The normalized spacial score (nSPS) is 9.57. The van der Waals surface area contributed by atoms with E-state index in [9.17, 15) is 9.59 Å². The summed E-state index contributed by atoms with van der Waals surface area (Å²) in [7, 11) is 0. The van der Waals surface area contributed by atoms with Crippen LogP contribution in [0.2, 0.25) is 0 Å². The summed E-state index contributed by atoms with van der Waals surface area (Å²) < 4.78 is 4.77. The summed E-state index contributed by atoms with van der Waals surface area (Å²) in [5, 5.41) is 0. The first-order valence-electron chi connectivity index (χ1n) is 4.19. The van der Waals surface area contributed by atoms with Crippen LogP contribution in [0.5, 0.6) is 0 Å². The van der Waals surface area contributed by atoms with Gasteiger partial charge in [-0.2, -0.15) is 0 Å². The molecule has 0 radical (unpaired) electrons. The number of esters is 1. The Bertz CT molecular complexity index is 360. The van der Waals surface area contributed by atoms with Crippen molar-refractivity contribution in [1.29, 1.82) is 0 Å². The van der Waals surface area contributed by atoms with E-state index >= 15 is 0 Å². The summed E-state index contributed by atoms with van der Waals surface area (Å²) in [6.45, 7) is 2.82. The van der Waals surface area contributed by atoms with E-state index in [0.29, 0.717) is 11.3 Å². The summed E-state index contributed by atoms with van der Waals surface area (Å²) in [6, 6.07) is 3.34. The Morgan fingerprint density at radius 1 is 1.43 bits per heavy atom. The second kappa shape index (κ2) is 4.50. The molecule has 0 amide bonds. The van der Waals surface area contributed by atoms with Gasteiger partial charge < -0.3 is 4.74 Å². The lowest BCUT2D eigenvalue weighted by Gasteiger charge is -2.04. The van der Waals surface area contributed by atoms with Gasteiger partial charge in [-0.1, -0.05) is 0 Å². The van der Waals surface area contributed by atoms with E-state index in [1.807, 2.05) is 0 Å². The van der Waals surface area contributed by atoms with Crippen LogP contribution in [0.25, 0.3) is 0 Å². The first-order chi connectivity index (χ1) is 6.61. The van der Waals surface area contributed by atoms with E-state index in [-0.39, 0.29) is 18.4 Å². The van der Waals surface area contributed by atoms with Gasteiger partial charge in [0.2, 0.25) is 0 Å². The smallest absolute Gasteiger partial charge is 0.303 e. The Morgan fingerprint density at radius 2 is 2.14 bits per heavy atom. The molecule has 0 saturated carbocycles. The van der Waals surface area contributed by atoms with Crippen LogP contribution in [0.3, 0.4) is 0 Å². The highest BCUT2D eigenvalue weighted by Gasteiger charge is 2.08. The molecule has 0 spiro atoms. The fourth-order valence-electron chi connectivity index (χ4n) is 1.04. The molecule has 1 rings (SSSR count). The van der Waals surface area contributed by atoms with Crippen molar-refractivity contribution in [3.8, 4) is 0 Å². The first-order valence-corrected chi connectivity index (χ1v) is 4.19. The number of pyridine rings is 1. The van der Waals surface area contributed by atoms with Crippen molar-refractivity contribution in [2.45, 2.75) is 20.5 Å². The largest absolute Gasteiger partial charge is 0.459 e. The minimum Gasteiger partial charge on any atom is -0.459 e. The van der Waals surface area contributed by atoms with Crippen LogP contribution in [-0.2, 0) is 16.1 Å². The number of ether oxygens (including phenoxy) is 1. The minimum absolute atomic E-state index is 0.0467. The lowest BCUT2D eigenvalue weighted by molar-refractivity contribution is -0.142. The number of aromatic nitrogens is 1. The molecule has 0 aliphatic rings. The Labute approximate surface area is 81.9 Å². The van der Waals surface area contributed by atoms with Crippen LogP contribution in [0, 0.1) is 0 Å². The van der Waals surface area contributed by atoms with Crippen LogP contribution in [-0.4, -0.2) is 16.7 Å². The van der Waals surface area contributed by atoms with Gasteiger partial charge in [0, 0.05) is 18.7 Å². The van der Waals surface area contributed by atoms with Crippen molar-refractivity contribution < 1.29 is 14.3 Å². The number of carbonyl (C=O) groups excluding carboxylic acids is 2. The van der Waals surface area contributed by atoms with E-state index in [2.05, 4.69) is 4.98 Å². The van der Waals surface area contributed by atoms with Gasteiger partial charge in [0.05, 0.1) is 5.69 Å². The van der Waals surface area contributed by atoms with Gasteiger partial charge >= 0.3 is 5.97 Å². The molecular formula is C10H11NO3. The summed E-state index contributed by atoms with van der Waals surface area (Å²) in [5.74, 6) is -0.467. The van der Waals surface area contributed by atoms with Crippen molar-refractivity contribution in [2.75, 3.05) is 0 Å². The van der Waals surface area contributed by atoms with Crippen LogP contribution < -0.4 is 0 Å². The molecule has 0 aliphatic carbocycles. The van der Waals surface area contributed by atoms with Crippen molar-refractivity contribution in [2.24, 2.45) is 0 Å². The number of Topliss-reactive ketones (excluding diaryl/α,β-unsaturated/α-hetero) is 1. The lowest BCUT2D eigenvalue weighted by Crippen LogP contribution is -2.06. The Kier molecular flexibility index (Phi) is 3.34. The van der Waals surface area contributed by atoms with Gasteiger partial charge in [0.15, 0.2) is 5.78 Å². The number of ketones is 1. The standard InChI is InChI=1S/C10H11NO3/c1-7(12)9-4-3-5-11-10(9)6-14-8(2)13/h3-5H,6H2,1-2H3. The zero-order valence-corrected chi connectivity index (χ0v) is 8.11. The molecule has 0 fully saturated rings. The molecule has 0 saturated heterocycles. The molecule has 0 aromatic carbocycles. The molecule has 0 atom stereocenters. The van der Waals surface area contributed by atoms with E-state index in [0.717, 1.165) is 0 Å². The molecule has 1 aromatic rings. The highest BCUT2D eigenvalue weighted by molar-refractivity contribution is 5.95. The van der Waals surface area contributed by atoms with Crippen LogP contribution in [0.1, 0.15) is 29.9 Å². The van der Waals surface area contributed by atoms with E-state index in [4.69, 9.17) is 4.74 Å². The second-order valence-electron chi connectivity index (χ2n) is 2.83. The number of carbonyl (C=O) groups is 2. The molecule has 0 bridgehead atoms. The Morgan fingerprint density at radius 3 is 2.71 bits per heavy atom. The summed E-state index contributed by atoms with van der Waals surface area (Å²) in [4.78, 5) is 25.7. The second-order valence-corrected chi connectivity index (χ2v) is 2.83. The molecule has 14 heavy (non-hydrogen) atoms. The molecule has 0 N–H and O–H groups in total. The third-order valence-corrected chi connectivity index (χ3v) is 1.68. The lowest BCUT2D eigenvalue weighted by atomic mass is 10.1. The molecule has 4 heteroatoms. The molecular weight excluding hydrogens is 182 g/mol. The quantitative estimate of drug-likeness (QED) is 0.537. The van der Waals surface area contributed by atoms with Gasteiger partial charge in [-0.05, 0) is 19.1 Å². The minimum atomic E-state index is -0.384. The van der Waals surface area contributed by atoms with Crippen molar-refractivity contribution in [1.82, 2.24) is 4.98 Å². The predicted molar refractivity (Wildman–Crippen MR) is 49.7 cm³/mol. The van der Waals surface area contributed by atoms with Gasteiger partial charge in [0.25, 0.3) is 0 Å². The third kappa shape index (κ3) is 2.65. The Balaban J connectivity index is 2.84. The van der Waals surface area contributed by atoms with Crippen molar-refractivity contribution >= 4 is 11.8 Å². The number of nitrogens with zero attached hydrogens (tertiary/aromatic N) is 1. The van der Waals surface area contributed by atoms with Gasteiger partial charge in [-0.15, -0.1) is 0 Å². The fraction of sp³-hybridized carbons (Fsp3) is 0.300. The van der Waals surface area contributed by atoms with Gasteiger partial charge in [-0.25, -0.2) is 0 Å². The molecule has 0 unspecified atom stereocenters. The first kappa shape index (κ1) is 10.4. The maximum absolute atomic E-state index is 11.1. The van der Waals surface area contributed by atoms with Gasteiger partial charge in [0.1, 0.15) is 6.61 Å². The number of hydrogen-bond acceptors (Lipinski definition) is 4. The Hall–Kier alpha value is -1.71. The monoisotopic (exact) mass is 193 g/mol. The van der Waals surface area contributed by atoms with E-state index < -0.39 is 0 Å². The summed E-state index contributed by atoms with van der Waals surface area (Å²) >= 11 is 0. The molecule has 0 aliphatic heterocycles. The maximum Gasteiger partial charge on any atom is 0.303 e. The summed E-state index contributed by atoms with van der Waals surface area (Å²) in [6.07, 6.45) is 1.56. The highest BCUT2D eigenvalue weighted by Crippen LogP contribution is 2.07. The SMILES string of the molecule is CC(=O)OCc1ncccc1C(C)=O. The highest BCUT2D eigenvalue weighted by atomic mass is 16.5. The third-order valence-electron chi connectivity index (χ3n) is 1.68. The summed E-state index contributed by atoms with van der Waals surface area (Å²) in [5.41, 5.74) is 0.990. The molecule has 1 aromatic heterocycles. The van der Waals surface area contributed by atoms with Crippen LogP contribution >= 0.6 is 0 Å². The predicted octanol–water partition coefficient (Wildman–Crippen LogP) is 1.35. The van der Waals surface area contributed by atoms with Gasteiger partial charge in [-0.3, -0.25) is 14.6 Å². The number of hydrogen-bond donors (Lipinski definition) is 0. The van der Waals surface area contributed by atoms with E-state index in [1.54, 1.807) is 18.3 Å². The zero-order valence-electron chi connectivity index (χ0n) is 8.11. The molecule has 1 heterocycles. The average molecular weight is 193 g/mol.